The summed E-state index contributed by atoms with van der Waals surface area (Å²) < 4.78 is 0. The smallest absolute Gasteiger partial charge is 0.321 e. The molecule has 4 nitrogen and oxygen atoms in total. The van der Waals surface area contributed by atoms with E-state index in [4.69, 9.17) is 5.11 Å². The summed E-state index contributed by atoms with van der Waals surface area (Å²) in [6, 6.07) is -0.375. The summed E-state index contributed by atoms with van der Waals surface area (Å²) in [6.45, 7) is 0. The molecule has 0 saturated carbocycles. The first kappa shape index (κ1) is 5.11. The van der Waals surface area contributed by atoms with Crippen molar-refractivity contribution in [3.63, 3.8) is 0 Å². The highest BCUT2D eigenvalue weighted by Crippen LogP contribution is 1.84. The minimum absolute atomic E-state index is 0.375. The molecule has 1 atom stereocenters. The van der Waals surface area contributed by atoms with Crippen molar-refractivity contribution in [3.8, 4) is 0 Å². The highest BCUT2D eigenvalue weighted by atomic mass is 16.3. The number of nitrogens with one attached hydrogen (secondary N) is 2. The lowest BCUT2D eigenvalue weighted by Crippen LogP contribution is -2.42. The molecule has 4 heteroatoms. The molecule has 1 aliphatic heterocycles. The summed E-state index contributed by atoms with van der Waals surface area (Å²) in [4.78, 5) is 10.2. The Hall–Kier alpha value is -1.03. The monoisotopic (exact) mass is 114 g/mol. The standard InChI is InChI=1S/C4H6N2O2/c7-3-1-2-5-4(8)6-3/h1-3,7H,(H2,5,6,8)/t3-/m1/s1. The Morgan fingerprint density at radius 1 is 1.75 bits per heavy atom. The molecule has 3 N–H and O–H groups in total. The highest BCUT2D eigenvalue weighted by Gasteiger charge is 2.06. The van der Waals surface area contributed by atoms with Gasteiger partial charge in [-0.3, -0.25) is 0 Å². The van der Waals surface area contributed by atoms with Crippen LogP contribution in [0.2, 0.25) is 0 Å². The number of hydrogen-bond donors (Lipinski definition) is 3. The molecule has 0 aromatic rings. The molecule has 0 fully saturated rings. The topological polar surface area (TPSA) is 61.4 Å². The van der Waals surface area contributed by atoms with Crippen molar-refractivity contribution in [2.75, 3.05) is 0 Å². The van der Waals surface area contributed by atoms with Crippen LogP contribution in [0.1, 0.15) is 0 Å². The molecular weight excluding hydrogens is 108 g/mol. The van der Waals surface area contributed by atoms with Crippen molar-refractivity contribution in [3.05, 3.63) is 12.3 Å². The third-order valence-corrected chi connectivity index (χ3v) is 0.772. The quantitative estimate of drug-likeness (QED) is 0.383. The minimum atomic E-state index is -0.830. The van der Waals surface area contributed by atoms with Crippen LogP contribution < -0.4 is 10.6 Å². The lowest BCUT2D eigenvalue weighted by Gasteiger charge is -2.12. The van der Waals surface area contributed by atoms with E-state index in [0.29, 0.717) is 0 Å². The number of amides is 2. The van der Waals surface area contributed by atoms with Crippen molar-refractivity contribution in [1.29, 1.82) is 0 Å². The predicted molar refractivity (Wildman–Crippen MR) is 26.8 cm³/mol. The Morgan fingerprint density at radius 3 is 2.88 bits per heavy atom. The van der Waals surface area contributed by atoms with E-state index in [1.54, 1.807) is 0 Å². The molecular formula is C4H6N2O2. The first-order chi connectivity index (χ1) is 3.79. The average Bonchev–Trinajstić information content (AvgIpc) is 1.64. The molecule has 44 valence electrons. The maximum atomic E-state index is 10.2. The first-order valence-corrected chi connectivity index (χ1v) is 2.21. The average molecular weight is 114 g/mol. The van der Waals surface area contributed by atoms with Crippen LogP contribution in [0.4, 0.5) is 4.79 Å². The molecule has 1 rings (SSSR count). The molecule has 8 heavy (non-hydrogen) atoms. The zero-order valence-electron chi connectivity index (χ0n) is 4.09. The van der Waals surface area contributed by atoms with Crippen molar-refractivity contribution in [2.24, 2.45) is 0 Å². The molecule has 0 unspecified atom stereocenters. The highest BCUT2D eigenvalue weighted by molar-refractivity contribution is 5.76. The lowest BCUT2D eigenvalue weighted by atomic mass is 10.5. The summed E-state index contributed by atoms with van der Waals surface area (Å²) in [5.74, 6) is 0. The third kappa shape index (κ3) is 0.974. The maximum absolute atomic E-state index is 10.2. The largest absolute Gasteiger partial charge is 0.370 e. The van der Waals surface area contributed by atoms with Crippen molar-refractivity contribution >= 4 is 6.03 Å². The van der Waals surface area contributed by atoms with E-state index < -0.39 is 6.23 Å². The first-order valence-electron chi connectivity index (χ1n) is 2.21. The molecule has 0 aliphatic carbocycles. The fourth-order valence-electron chi connectivity index (χ4n) is 0.439. The van der Waals surface area contributed by atoms with E-state index >= 15 is 0 Å². The van der Waals surface area contributed by atoms with Gasteiger partial charge in [-0.15, -0.1) is 0 Å². The number of aliphatic hydroxyl groups is 1. The van der Waals surface area contributed by atoms with Gasteiger partial charge < -0.3 is 15.7 Å². The second kappa shape index (κ2) is 1.83. The van der Waals surface area contributed by atoms with Gasteiger partial charge in [-0.25, -0.2) is 4.79 Å². The van der Waals surface area contributed by atoms with Gasteiger partial charge in [0, 0.05) is 6.20 Å². The van der Waals surface area contributed by atoms with Crippen LogP contribution in [0.15, 0.2) is 12.3 Å². The van der Waals surface area contributed by atoms with Crippen LogP contribution in [-0.4, -0.2) is 17.4 Å². The Bertz CT molecular complexity index is 132. The molecule has 1 heterocycles. The van der Waals surface area contributed by atoms with Gasteiger partial charge in [0.1, 0.15) is 6.23 Å². The minimum Gasteiger partial charge on any atom is -0.370 e. The van der Waals surface area contributed by atoms with E-state index in [1.807, 2.05) is 0 Å². The molecule has 0 saturated heterocycles. The summed E-state index contributed by atoms with van der Waals surface area (Å²) in [6.07, 6.45) is 1.99. The molecule has 0 bridgehead atoms. The SMILES string of the molecule is O=C1NC=C[C@@H](O)N1. The van der Waals surface area contributed by atoms with E-state index in [0.717, 1.165) is 0 Å². The number of rotatable bonds is 0. The van der Waals surface area contributed by atoms with Crippen LogP contribution in [0.3, 0.4) is 0 Å². The number of carbonyl (C=O) groups is 1. The van der Waals surface area contributed by atoms with E-state index in [2.05, 4.69) is 10.6 Å². The van der Waals surface area contributed by atoms with E-state index in [-0.39, 0.29) is 6.03 Å². The molecule has 0 aromatic carbocycles. The summed E-state index contributed by atoms with van der Waals surface area (Å²) in [7, 11) is 0. The zero-order valence-corrected chi connectivity index (χ0v) is 4.09. The van der Waals surface area contributed by atoms with Crippen LogP contribution in [0.5, 0.6) is 0 Å². The fraction of sp³-hybridized carbons (Fsp3) is 0.250. The number of carbonyl (C=O) groups excluding carboxylic acids is 1. The predicted octanol–water partition coefficient (Wildman–Crippen LogP) is -0.869. The van der Waals surface area contributed by atoms with Gasteiger partial charge in [0.15, 0.2) is 0 Å². The number of urea groups is 1. The van der Waals surface area contributed by atoms with Crippen LogP contribution in [-0.2, 0) is 0 Å². The molecule has 0 aromatic heterocycles. The van der Waals surface area contributed by atoms with Gasteiger partial charge in [-0.05, 0) is 6.08 Å². The van der Waals surface area contributed by atoms with E-state index in [9.17, 15) is 4.79 Å². The van der Waals surface area contributed by atoms with Gasteiger partial charge in [0.25, 0.3) is 0 Å². The Labute approximate surface area is 46.2 Å². The Morgan fingerprint density at radius 2 is 2.50 bits per heavy atom. The third-order valence-electron chi connectivity index (χ3n) is 0.772. The molecule has 0 spiro atoms. The van der Waals surface area contributed by atoms with Gasteiger partial charge in [0.2, 0.25) is 0 Å². The van der Waals surface area contributed by atoms with E-state index in [1.165, 1.54) is 12.3 Å². The van der Waals surface area contributed by atoms with Gasteiger partial charge in [0.05, 0.1) is 0 Å². The summed E-state index contributed by atoms with van der Waals surface area (Å²) in [5, 5.41) is 13.1. The Balaban J connectivity index is 2.54. The van der Waals surface area contributed by atoms with Gasteiger partial charge in [-0.1, -0.05) is 0 Å². The van der Waals surface area contributed by atoms with Crippen LogP contribution in [0, 0.1) is 0 Å². The van der Waals surface area contributed by atoms with Crippen LogP contribution >= 0.6 is 0 Å². The maximum Gasteiger partial charge on any atom is 0.321 e. The second-order valence-electron chi connectivity index (χ2n) is 1.42. The summed E-state index contributed by atoms with van der Waals surface area (Å²) >= 11 is 0. The van der Waals surface area contributed by atoms with Gasteiger partial charge in [-0.2, -0.15) is 0 Å². The summed E-state index contributed by atoms with van der Waals surface area (Å²) in [5.41, 5.74) is 0. The number of aliphatic hydroxyl groups excluding tert-OH is 1. The lowest BCUT2D eigenvalue weighted by molar-refractivity contribution is 0.175. The Kier molecular flexibility index (Phi) is 1.17. The zero-order chi connectivity index (χ0) is 5.98. The normalized spacial score (nSPS) is 26.6. The van der Waals surface area contributed by atoms with Crippen molar-refractivity contribution < 1.29 is 9.90 Å². The molecule has 0 radical (unpaired) electrons. The second-order valence-corrected chi connectivity index (χ2v) is 1.42. The van der Waals surface area contributed by atoms with Crippen molar-refractivity contribution in [2.45, 2.75) is 6.23 Å². The fourth-order valence-corrected chi connectivity index (χ4v) is 0.439. The molecule has 1 aliphatic rings. The van der Waals surface area contributed by atoms with Gasteiger partial charge >= 0.3 is 6.03 Å². The van der Waals surface area contributed by atoms with Crippen molar-refractivity contribution in [1.82, 2.24) is 10.6 Å². The van der Waals surface area contributed by atoms with Crippen LogP contribution in [0.25, 0.3) is 0 Å². The molecule has 2 amide bonds. The number of hydrogen-bond acceptors (Lipinski definition) is 2.